The number of benzene rings is 1. The highest BCUT2D eigenvalue weighted by Crippen LogP contribution is 2.40. The van der Waals surface area contributed by atoms with Crippen LogP contribution >= 0.6 is 11.3 Å². The van der Waals surface area contributed by atoms with Crippen molar-refractivity contribution in [3.8, 4) is 0 Å². The quantitative estimate of drug-likeness (QED) is 0.907. The van der Waals surface area contributed by atoms with E-state index in [9.17, 15) is 13.2 Å². The molecular formula is C16H19N3O3S2. The largest absolute Gasteiger partial charge is 0.315 e. The first-order chi connectivity index (χ1) is 11.1. The lowest BCUT2D eigenvalue weighted by Gasteiger charge is -2.37. The minimum atomic E-state index is -3.72. The molecule has 0 atom stereocenters. The fourth-order valence-corrected chi connectivity index (χ4v) is 4.75. The first-order valence-electron chi connectivity index (χ1n) is 7.46. The Balaban J connectivity index is 2.03. The van der Waals surface area contributed by atoms with E-state index < -0.39 is 15.4 Å². The predicted molar refractivity (Wildman–Crippen MR) is 95.2 cm³/mol. The zero-order valence-corrected chi connectivity index (χ0v) is 15.6. The molecule has 1 aromatic carbocycles. The molecule has 1 aliphatic rings. The summed E-state index contributed by atoms with van der Waals surface area (Å²) in [4.78, 5) is 18.8. The van der Waals surface area contributed by atoms with Gasteiger partial charge in [0.25, 0.3) is 10.0 Å². The number of sulfonamides is 1. The SMILES string of the molecule is Cc1cnc(NS(=O)(=O)c2ccc3c(c2)C(C)(C)CC(=O)N3C)s1. The molecule has 0 spiro atoms. The number of hydrogen-bond donors (Lipinski definition) is 1. The Kier molecular flexibility index (Phi) is 3.92. The van der Waals surface area contributed by atoms with Crippen molar-refractivity contribution in [2.24, 2.45) is 0 Å². The summed E-state index contributed by atoms with van der Waals surface area (Å²) < 4.78 is 27.8. The van der Waals surface area contributed by atoms with Gasteiger partial charge in [0.15, 0.2) is 5.13 Å². The van der Waals surface area contributed by atoms with E-state index >= 15 is 0 Å². The zero-order chi connectivity index (χ0) is 17.7. The number of nitrogens with one attached hydrogen (secondary N) is 1. The van der Waals surface area contributed by atoms with Gasteiger partial charge in [0.1, 0.15) is 0 Å². The number of aryl methyl sites for hydroxylation is 1. The number of carbonyl (C=O) groups excluding carboxylic acids is 1. The number of amides is 1. The molecule has 1 aliphatic heterocycles. The van der Waals surface area contributed by atoms with Gasteiger partial charge < -0.3 is 4.90 Å². The van der Waals surface area contributed by atoms with E-state index in [4.69, 9.17) is 0 Å². The lowest BCUT2D eigenvalue weighted by Crippen LogP contribution is -2.39. The van der Waals surface area contributed by atoms with Crippen LogP contribution in [-0.4, -0.2) is 26.4 Å². The molecule has 0 unspecified atom stereocenters. The number of hydrogen-bond acceptors (Lipinski definition) is 5. The maximum atomic E-state index is 12.6. The summed E-state index contributed by atoms with van der Waals surface area (Å²) in [7, 11) is -2.01. The molecule has 2 aromatic rings. The topological polar surface area (TPSA) is 79.4 Å². The summed E-state index contributed by atoms with van der Waals surface area (Å²) in [6.07, 6.45) is 1.97. The minimum absolute atomic E-state index is 0.0273. The van der Waals surface area contributed by atoms with E-state index in [1.165, 1.54) is 17.4 Å². The van der Waals surface area contributed by atoms with Crippen LogP contribution in [0, 0.1) is 6.92 Å². The Morgan fingerprint density at radius 1 is 1.33 bits per heavy atom. The normalized spacial score (nSPS) is 16.8. The molecule has 2 heterocycles. The van der Waals surface area contributed by atoms with Crippen LogP contribution in [0.15, 0.2) is 29.3 Å². The molecule has 3 rings (SSSR count). The molecule has 0 aliphatic carbocycles. The van der Waals surface area contributed by atoms with Gasteiger partial charge in [0.2, 0.25) is 5.91 Å². The van der Waals surface area contributed by atoms with E-state index in [1.54, 1.807) is 30.3 Å². The summed E-state index contributed by atoms with van der Waals surface area (Å²) in [6.45, 7) is 5.76. The molecule has 6 nitrogen and oxygen atoms in total. The van der Waals surface area contributed by atoms with Gasteiger partial charge in [-0.15, -0.1) is 11.3 Å². The van der Waals surface area contributed by atoms with Gasteiger partial charge in [0.05, 0.1) is 4.90 Å². The van der Waals surface area contributed by atoms with Gasteiger partial charge in [-0.3, -0.25) is 9.52 Å². The van der Waals surface area contributed by atoms with Crippen molar-refractivity contribution >= 4 is 38.1 Å². The summed E-state index contributed by atoms with van der Waals surface area (Å²) >= 11 is 1.28. The lowest BCUT2D eigenvalue weighted by molar-refractivity contribution is -0.119. The average Bonchev–Trinajstić information content (AvgIpc) is 2.88. The first-order valence-corrected chi connectivity index (χ1v) is 9.76. The van der Waals surface area contributed by atoms with Crippen molar-refractivity contribution in [2.75, 3.05) is 16.7 Å². The summed E-state index contributed by atoms with van der Waals surface area (Å²) in [5.41, 5.74) is 1.19. The molecule has 1 aromatic heterocycles. The van der Waals surface area contributed by atoms with E-state index in [-0.39, 0.29) is 10.8 Å². The summed E-state index contributed by atoms with van der Waals surface area (Å²) in [5, 5.41) is 0.344. The Bertz CT molecular complexity index is 916. The zero-order valence-electron chi connectivity index (χ0n) is 14.0. The first kappa shape index (κ1) is 16.9. The van der Waals surface area contributed by atoms with Gasteiger partial charge in [-0.2, -0.15) is 0 Å². The smallest absolute Gasteiger partial charge is 0.263 e. The molecule has 0 saturated heterocycles. The van der Waals surface area contributed by atoms with Gasteiger partial charge in [-0.25, -0.2) is 13.4 Å². The van der Waals surface area contributed by atoms with Crippen LogP contribution < -0.4 is 9.62 Å². The van der Waals surface area contributed by atoms with E-state index in [2.05, 4.69) is 9.71 Å². The van der Waals surface area contributed by atoms with Gasteiger partial charge in [-0.1, -0.05) is 13.8 Å². The van der Waals surface area contributed by atoms with E-state index in [0.29, 0.717) is 11.6 Å². The molecule has 1 amide bonds. The number of nitrogens with zero attached hydrogens (tertiary/aromatic N) is 2. The maximum Gasteiger partial charge on any atom is 0.263 e. The number of anilines is 2. The van der Waals surface area contributed by atoms with Crippen LogP contribution in [0.5, 0.6) is 0 Å². The van der Waals surface area contributed by atoms with Crippen molar-refractivity contribution in [3.63, 3.8) is 0 Å². The monoisotopic (exact) mass is 365 g/mol. The number of rotatable bonds is 3. The second kappa shape index (κ2) is 5.56. The second-order valence-electron chi connectivity index (χ2n) is 6.57. The fraction of sp³-hybridized carbons (Fsp3) is 0.375. The third-order valence-electron chi connectivity index (χ3n) is 4.18. The van der Waals surface area contributed by atoms with E-state index in [1.807, 2.05) is 20.8 Å². The minimum Gasteiger partial charge on any atom is -0.315 e. The molecule has 128 valence electrons. The van der Waals surface area contributed by atoms with Crippen molar-refractivity contribution in [3.05, 3.63) is 34.8 Å². The molecule has 0 radical (unpaired) electrons. The Morgan fingerprint density at radius 3 is 2.67 bits per heavy atom. The number of carbonyl (C=O) groups is 1. The molecule has 0 fully saturated rings. The van der Waals surface area contributed by atoms with Crippen molar-refractivity contribution < 1.29 is 13.2 Å². The van der Waals surface area contributed by atoms with Crippen molar-refractivity contribution in [1.82, 2.24) is 4.98 Å². The third kappa shape index (κ3) is 2.91. The van der Waals surface area contributed by atoms with Gasteiger partial charge in [-0.05, 0) is 30.7 Å². The Morgan fingerprint density at radius 2 is 2.04 bits per heavy atom. The van der Waals surface area contributed by atoms with Crippen LogP contribution in [0.1, 0.15) is 30.7 Å². The second-order valence-corrected chi connectivity index (χ2v) is 9.49. The maximum absolute atomic E-state index is 12.6. The fourth-order valence-electron chi connectivity index (χ4n) is 2.82. The Labute approximate surface area is 145 Å². The number of aromatic nitrogens is 1. The Hall–Kier alpha value is -1.93. The molecular weight excluding hydrogens is 346 g/mol. The number of fused-ring (bicyclic) bond motifs is 1. The van der Waals surface area contributed by atoms with Crippen LogP contribution in [0.4, 0.5) is 10.8 Å². The number of thiazole rings is 1. The molecule has 8 heteroatoms. The molecule has 0 saturated carbocycles. The predicted octanol–water partition coefficient (Wildman–Crippen LogP) is 2.90. The van der Waals surface area contributed by atoms with Crippen molar-refractivity contribution in [2.45, 2.75) is 37.5 Å². The standard InChI is InChI=1S/C16H19N3O3S2/c1-10-9-17-15(23-10)18-24(21,22)11-5-6-13-12(7-11)16(2,3)8-14(20)19(13)4/h5-7,9H,8H2,1-4H3,(H,17,18). The van der Waals surface area contributed by atoms with E-state index in [0.717, 1.165) is 16.1 Å². The molecule has 24 heavy (non-hydrogen) atoms. The summed E-state index contributed by atoms with van der Waals surface area (Å²) in [5.74, 6) is 0.0273. The highest BCUT2D eigenvalue weighted by molar-refractivity contribution is 7.93. The lowest BCUT2D eigenvalue weighted by atomic mass is 9.77. The highest BCUT2D eigenvalue weighted by atomic mass is 32.2. The molecule has 1 N–H and O–H groups in total. The van der Waals surface area contributed by atoms with Crippen LogP contribution in [0.3, 0.4) is 0 Å². The summed E-state index contributed by atoms with van der Waals surface area (Å²) in [6, 6.07) is 4.86. The van der Waals surface area contributed by atoms with Crippen LogP contribution in [0.25, 0.3) is 0 Å². The average molecular weight is 365 g/mol. The van der Waals surface area contributed by atoms with Crippen molar-refractivity contribution in [1.29, 1.82) is 0 Å². The molecule has 0 bridgehead atoms. The van der Waals surface area contributed by atoms with Gasteiger partial charge >= 0.3 is 0 Å². The van der Waals surface area contributed by atoms with Gasteiger partial charge in [0, 0.05) is 35.6 Å². The third-order valence-corrected chi connectivity index (χ3v) is 6.47. The van der Waals surface area contributed by atoms with Crippen LogP contribution in [0.2, 0.25) is 0 Å². The van der Waals surface area contributed by atoms with Crippen LogP contribution in [-0.2, 0) is 20.2 Å². The highest BCUT2D eigenvalue weighted by Gasteiger charge is 2.36.